The molecule has 1 aromatic rings. The van der Waals surface area contributed by atoms with E-state index >= 15 is 0 Å². The van der Waals surface area contributed by atoms with Crippen LogP contribution in [0.2, 0.25) is 0 Å². The third kappa shape index (κ3) is 2.98. The number of aromatic nitrogens is 1. The van der Waals surface area contributed by atoms with E-state index in [0.29, 0.717) is 31.4 Å². The molecule has 0 spiro atoms. The van der Waals surface area contributed by atoms with Crippen LogP contribution in [-0.2, 0) is 4.74 Å². The average molecular weight is 280 g/mol. The van der Waals surface area contributed by atoms with Crippen molar-refractivity contribution in [2.75, 3.05) is 36.5 Å². The summed E-state index contributed by atoms with van der Waals surface area (Å²) in [6.07, 6.45) is 0.865. The van der Waals surface area contributed by atoms with Gasteiger partial charge in [0.2, 0.25) is 5.82 Å². The largest absolute Gasteiger partial charge is 0.377 e. The Morgan fingerprint density at radius 3 is 3.00 bits per heavy atom. The molecule has 1 N–H and O–H groups in total. The Bertz CT molecular complexity index is 481. The molecule has 0 bridgehead atoms. The Labute approximate surface area is 118 Å². The highest BCUT2D eigenvalue weighted by atomic mass is 16.6. The number of nitrogens with one attached hydrogen (secondary N) is 1. The first kappa shape index (κ1) is 14.5. The number of hydrogen-bond donors (Lipinski definition) is 1. The van der Waals surface area contributed by atoms with Crippen LogP contribution in [0.3, 0.4) is 0 Å². The van der Waals surface area contributed by atoms with Crippen molar-refractivity contribution >= 4 is 17.3 Å². The van der Waals surface area contributed by atoms with Crippen molar-refractivity contribution in [3.05, 3.63) is 22.2 Å². The van der Waals surface area contributed by atoms with E-state index in [4.69, 9.17) is 4.74 Å². The summed E-state index contributed by atoms with van der Waals surface area (Å²) < 4.78 is 5.45. The van der Waals surface area contributed by atoms with Crippen molar-refractivity contribution < 1.29 is 9.66 Å². The van der Waals surface area contributed by atoms with E-state index in [0.717, 1.165) is 13.0 Å². The summed E-state index contributed by atoms with van der Waals surface area (Å²) in [7, 11) is 0. The van der Waals surface area contributed by atoms with Crippen molar-refractivity contribution in [3.8, 4) is 0 Å². The van der Waals surface area contributed by atoms with Crippen molar-refractivity contribution in [2.45, 2.75) is 26.3 Å². The van der Waals surface area contributed by atoms with Gasteiger partial charge < -0.3 is 15.0 Å². The molecule has 20 heavy (non-hydrogen) atoms. The second kappa shape index (κ2) is 6.51. The highest BCUT2D eigenvalue weighted by Crippen LogP contribution is 2.30. The van der Waals surface area contributed by atoms with Crippen LogP contribution >= 0.6 is 0 Å². The Morgan fingerprint density at radius 1 is 1.55 bits per heavy atom. The lowest BCUT2D eigenvalue weighted by molar-refractivity contribution is -0.384. The molecule has 0 radical (unpaired) electrons. The molecular weight excluding hydrogens is 260 g/mol. The third-order valence-electron chi connectivity index (χ3n) is 3.38. The van der Waals surface area contributed by atoms with Crippen LogP contribution in [0.25, 0.3) is 0 Å². The summed E-state index contributed by atoms with van der Waals surface area (Å²) in [5.41, 5.74) is 0.0482. The van der Waals surface area contributed by atoms with E-state index in [-0.39, 0.29) is 16.7 Å². The molecule has 1 unspecified atom stereocenters. The van der Waals surface area contributed by atoms with Gasteiger partial charge in [-0.05, 0) is 19.4 Å². The summed E-state index contributed by atoms with van der Waals surface area (Å²) in [5.74, 6) is 1.10. The van der Waals surface area contributed by atoms with Crippen LogP contribution in [-0.4, -0.2) is 42.3 Å². The molecule has 1 aliphatic heterocycles. The summed E-state index contributed by atoms with van der Waals surface area (Å²) in [4.78, 5) is 17.3. The standard InChI is InChI=1S/C13H20N4O3/c1-3-10-9-20-8-7-16(10)13-11(17(18)19)5-6-12(15-13)14-4-2/h5-6,10H,3-4,7-9H2,1-2H3,(H,14,15). The molecule has 0 aromatic carbocycles. The summed E-state index contributed by atoms with van der Waals surface area (Å²) in [6.45, 7) is 6.52. The maximum atomic E-state index is 11.2. The van der Waals surface area contributed by atoms with E-state index in [2.05, 4.69) is 10.3 Å². The molecule has 0 saturated carbocycles. The predicted octanol–water partition coefficient (Wildman–Crippen LogP) is 2.04. The number of morpholine rings is 1. The summed E-state index contributed by atoms with van der Waals surface area (Å²) in [6, 6.07) is 3.29. The zero-order chi connectivity index (χ0) is 14.5. The molecule has 1 saturated heterocycles. The first-order valence-corrected chi connectivity index (χ1v) is 6.91. The van der Waals surface area contributed by atoms with Crippen LogP contribution < -0.4 is 10.2 Å². The molecule has 7 nitrogen and oxygen atoms in total. The number of nitrogens with zero attached hydrogens (tertiary/aromatic N) is 3. The van der Waals surface area contributed by atoms with Crippen LogP contribution in [0.5, 0.6) is 0 Å². The Hall–Kier alpha value is -1.89. The van der Waals surface area contributed by atoms with Crippen LogP contribution in [0, 0.1) is 10.1 Å². The fraction of sp³-hybridized carbons (Fsp3) is 0.615. The van der Waals surface area contributed by atoms with E-state index in [9.17, 15) is 10.1 Å². The number of pyridine rings is 1. The predicted molar refractivity (Wildman–Crippen MR) is 77.3 cm³/mol. The van der Waals surface area contributed by atoms with Crippen LogP contribution in [0.1, 0.15) is 20.3 Å². The van der Waals surface area contributed by atoms with Gasteiger partial charge in [-0.25, -0.2) is 4.98 Å². The first-order chi connectivity index (χ1) is 9.67. The molecule has 7 heteroatoms. The second-order valence-corrected chi connectivity index (χ2v) is 4.66. The van der Waals surface area contributed by atoms with E-state index in [1.54, 1.807) is 6.07 Å². The van der Waals surface area contributed by atoms with Gasteiger partial charge >= 0.3 is 5.69 Å². The SMILES string of the molecule is CCNc1ccc([N+](=O)[O-])c(N2CCOCC2CC)n1. The topological polar surface area (TPSA) is 80.5 Å². The number of anilines is 2. The molecule has 110 valence electrons. The monoisotopic (exact) mass is 280 g/mol. The molecule has 0 aliphatic carbocycles. The van der Waals surface area contributed by atoms with E-state index in [1.165, 1.54) is 6.07 Å². The lowest BCUT2D eigenvalue weighted by Crippen LogP contribution is -2.45. The molecule has 1 aromatic heterocycles. The van der Waals surface area contributed by atoms with Gasteiger partial charge in [-0.2, -0.15) is 0 Å². The number of hydrogen-bond acceptors (Lipinski definition) is 6. The Morgan fingerprint density at radius 2 is 2.35 bits per heavy atom. The minimum absolute atomic E-state index is 0.0482. The molecular formula is C13H20N4O3. The molecule has 1 fully saturated rings. The van der Waals surface area contributed by atoms with Crippen LogP contribution in [0.4, 0.5) is 17.3 Å². The van der Waals surface area contributed by atoms with Crippen molar-refractivity contribution in [2.24, 2.45) is 0 Å². The zero-order valence-corrected chi connectivity index (χ0v) is 11.8. The second-order valence-electron chi connectivity index (χ2n) is 4.66. The van der Waals surface area contributed by atoms with Crippen molar-refractivity contribution in [1.82, 2.24) is 4.98 Å². The van der Waals surface area contributed by atoms with Crippen LogP contribution in [0.15, 0.2) is 12.1 Å². The Kier molecular flexibility index (Phi) is 4.73. The van der Waals surface area contributed by atoms with Gasteiger partial charge in [0, 0.05) is 19.2 Å². The summed E-state index contributed by atoms with van der Waals surface area (Å²) >= 11 is 0. The zero-order valence-electron chi connectivity index (χ0n) is 11.8. The van der Waals surface area contributed by atoms with Gasteiger partial charge in [-0.15, -0.1) is 0 Å². The normalized spacial score (nSPS) is 18.9. The van der Waals surface area contributed by atoms with Crippen molar-refractivity contribution in [3.63, 3.8) is 0 Å². The molecule has 2 heterocycles. The quantitative estimate of drug-likeness (QED) is 0.656. The molecule has 1 atom stereocenters. The molecule has 2 rings (SSSR count). The minimum Gasteiger partial charge on any atom is -0.377 e. The van der Waals surface area contributed by atoms with E-state index in [1.807, 2.05) is 18.7 Å². The Balaban J connectivity index is 2.39. The van der Waals surface area contributed by atoms with E-state index < -0.39 is 0 Å². The van der Waals surface area contributed by atoms with Gasteiger partial charge in [0.25, 0.3) is 0 Å². The molecule has 0 amide bonds. The van der Waals surface area contributed by atoms with Gasteiger partial charge in [0.15, 0.2) is 0 Å². The average Bonchev–Trinajstić information content (AvgIpc) is 2.47. The summed E-state index contributed by atoms with van der Waals surface area (Å²) in [5, 5.41) is 14.3. The van der Waals surface area contributed by atoms with Gasteiger partial charge in [0.05, 0.1) is 24.2 Å². The molecule has 1 aliphatic rings. The van der Waals surface area contributed by atoms with Gasteiger partial charge in [-0.3, -0.25) is 10.1 Å². The maximum Gasteiger partial charge on any atom is 0.311 e. The minimum atomic E-state index is -0.375. The number of nitro groups is 1. The third-order valence-corrected chi connectivity index (χ3v) is 3.38. The number of ether oxygens (including phenoxy) is 1. The van der Waals surface area contributed by atoms with Gasteiger partial charge in [0.1, 0.15) is 5.82 Å². The lowest BCUT2D eigenvalue weighted by atomic mass is 10.1. The lowest BCUT2D eigenvalue weighted by Gasteiger charge is -2.35. The fourth-order valence-electron chi connectivity index (χ4n) is 2.35. The highest BCUT2D eigenvalue weighted by molar-refractivity contribution is 5.62. The van der Waals surface area contributed by atoms with Crippen molar-refractivity contribution in [1.29, 1.82) is 0 Å². The smallest absolute Gasteiger partial charge is 0.311 e. The van der Waals surface area contributed by atoms with Gasteiger partial charge in [-0.1, -0.05) is 6.92 Å². The number of rotatable bonds is 5. The first-order valence-electron chi connectivity index (χ1n) is 6.91. The fourth-order valence-corrected chi connectivity index (χ4v) is 2.35. The highest BCUT2D eigenvalue weighted by Gasteiger charge is 2.29. The maximum absolute atomic E-state index is 11.2.